The third-order valence-corrected chi connectivity index (χ3v) is 5.37. The highest BCUT2D eigenvalue weighted by molar-refractivity contribution is 7.89. The largest absolute Gasteiger partial charge is 0.242 e. The number of nitriles is 1. The first-order valence-electron chi connectivity index (χ1n) is 6.63. The number of hydrogen-bond donors (Lipinski definition) is 1. The number of sulfonamides is 1. The van der Waals surface area contributed by atoms with Crippen molar-refractivity contribution in [2.45, 2.75) is 36.6 Å². The van der Waals surface area contributed by atoms with Crippen LogP contribution >= 0.6 is 0 Å². The molecule has 4 nitrogen and oxygen atoms in total. The van der Waals surface area contributed by atoms with E-state index >= 15 is 0 Å². The molecule has 0 radical (unpaired) electrons. The van der Waals surface area contributed by atoms with Crippen LogP contribution in [-0.2, 0) is 10.0 Å². The normalized spacial score (nSPS) is 19.4. The third-order valence-electron chi connectivity index (χ3n) is 3.85. The van der Waals surface area contributed by atoms with E-state index in [0.717, 1.165) is 25.7 Å². The van der Waals surface area contributed by atoms with Gasteiger partial charge in [-0.15, -0.1) is 0 Å². The molecule has 5 heteroatoms. The first kappa shape index (κ1) is 12.6. The second-order valence-corrected chi connectivity index (χ2v) is 7.11. The zero-order chi connectivity index (χ0) is 13.5. The van der Waals surface area contributed by atoms with Crippen LogP contribution in [-0.4, -0.2) is 14.5 Å². The summed E-state index contributed by atoms with van der Waals surface area (Å²) in [6.45, 7) is 0. The Labute approximate surface area is 113 Å². The summed E-state index contributed by atoms with van der Waals surface area (Å²) in [4.78, 5) is 0.101. The Kier molecular flexibility index (Phi) is 3.08. The maximum absolute atomic E-state index is 12.4. The Balaban J connectivity index is 1.87. The average Bonchev–Trinajstić information content (AvgIpc) is 3.29. The lowest BCUT2D eigenvalue weighted by Gasteiger charge is -2.18. The smallest absolute Gasteiger partial charge is 0.207 e. The molecule has 0 aliphatic heterocycles. The van der Waals surface area contributed by atoms with Gasteiger partial charge in [-0.3, -0.25) is 0 Å². The molecular formula is C14H16N2O2S. The van der Waals surface area contributed by atoms with Crippen LogP contribution in [0.5, 0.6) is 0 Å². The van der Waals surface area contributed by atoms with Crippen LogP contribution in [0, 0.1) is 23.2 Å². The molecule has 3 rings (SSSR count). The summed E-state index contributed by atoms with van der Waals surface area (Å²) in [6.07, 6.45) is 4.46. The van der Waals surface area contributed by atoms with Crippen molar-refractivity contribution >= 4 is 10.0 Å². The van der Waals surface area contributed by atoms with Crippen molar-refractivity contribution in [1.29, 1.82) is 5.26 Å². The summed E-state index contributed by atoms with van der Waals surface area (Å²) in [5.41, 5.74) is 0.209. The number of benzene rings is 1. The van der Waals surface area contributed by atoms with Gasteiger partial charge >= 0.3 is 0 Å². The molecule has 19 heavy (non-hydrogen) atoms. The van der Waals surface area contributed by atoms with Gasteiger partial charge in [-0.2, -0.15) is 5.26 Å². The second kappa shape index (κ2) is 4.62. The van der Waals surface area contributed by atoms with Gasteiger partial charge in [0, 0.05) is 6.04 Å². The Morgan fingerprint density at radius 3 is 2.26 bits per heavy atom. The molecular weight excluding hydrogens is 260 g/mol. The summed E-state index contributed by atoms with van der Waals surface area (Å²) in [5, 5.41) is 9.02. The molecule has 0 atom stereocenters. The SMILES string of the molecule is N#Cc1ccccc1S(=O)(=O)NC(C1CC1)C1CC1. The van der Waals surface area contributed by atoms with Gasteiger partial charge in [0.1, 0.15) is 6.07 Å². The van der Waals surface area contributed by atoms with Crippen molar-refractivity contribution in [3.8, 4) is 6.07 Å². The van der Waals surface area contributed by atoms with E-state index in [2.05, 4.69) is 4.72 Å². The molecule has 2 aliphatic carbocycles. The van der Waals surface area contributed by atoms with E-state index in [1.165, 1.54) is 12.1 Å². The van der Waals surface area contributed by atoms with Crippen molar-refractivity contribution in [3.63, 3.8) is 0 Å². The van der Waals surface area contributed by atoms with Crippen LogP contribution < -0.4 is 4.72 Å². The van der Waals surface area contributed by atoms with Crippen LogP contribution in [0.1, 0.15) is 31.2 Å². The summed E-state index contributed by atoms with van der Waals surface area (Å²) in [7, 11) is -3.58. The van der Waals surface area contributed by atoms with Gasteiger partial charge in [-0.25, -0.2) is 13.1 Å². The van der Waals surface area contributed by atoms with E-state index in [4.69, 9.17) is 5.26 Å². The molecule has 1 N–H and O–H groups in total. The summed E-state index contributed by atoms with van der Waals surface area (Å²) in [6, 6.07) is 8.38. The molecule has 2 saturated carbocycles. The lowest BCUT2D eigenvalue weighted by Crippen LogP contribution is -2.38. The third kappa shape index (κ3) is 2.65. The summed E-state index contributed by atoms with van der Waals surface area (Å²) < 4.78 is 27.7. The van der Waals surface area contributed by atoms with E-state index in [1.54, 1.807) is 12.1 Å². The monoisotopic (exact) mass is 276 g/mol. The van der Waals surface area contributed by atoms with Gasteiger partial charge in [0.05, 0.1) is 10.5 Å². The second-order valence-electron chi connectivity index (χ2n) is 5.43. The van der Waals surface area contributed by atoms with Gasteiger partial charge in [0.15, 0.2) is 0 Å². The van der Waals surface area contributed by atoms with E-state index in [1.807, 2.05) is 6.07 Å². The molecule has 0 spiro atoms. The standard InChI is InChI=1S/C14H16N2O2S/c15-9-12-3-1-2-4-13(12)19(17,18)16-14(10-5-6-10)11-7-8-11/h1-4,10-11,14,16H,5-8H2. The van der Waals surface area contributed by atoms with E-state index in [0.29, 0.717) is 11.8 Å². The van der Waals surface area contributed by atoms with Crippen LogP contribution in [0.25, 0.3) is 0 Å². The highest BCUT2D eigenvalue weighted by atomic mass is 32.2. The maximum Gasteiger partial charge on any atom is 0.242 e. The fourth-order valence-electron chi connectivity index (χ4n) is 2.52. The minimum absolute atomic E-state index is 0.0664. The molecule has 1 aromatic rings. The van der Waals surface area contributed by atoms with Gasteiger partial charge in [0.25, 0.3) is 0 Å². The first-order valence-corrected chi connectivity index (χ1v) is 8.11. The predicted octanol–water partition coefficient (Wildman–Crippen LogP) is 2.03. The lowest BCUT2D eigenvalue weighted by atomic mass is 10.1. The quantitative estimate of drug-likeness (QED) is 0.894. The Bertz CT molecular complexity index is 613. The fourth-order valence-corrected chi connectivity index (χ4v) is 4.06. The van der Waals surface area contributed by atoms with E-state index in [-0.39, 0.29) is 16.5 Å². The molecule has 2 aliphatic rings. The topological polar surface area (TPSA) is 70.0 Å². The summed E-state index contributed by atoms with van der Waals surface area (Å²) >= 11 is 0. The van der Waals surface area contributed by atoms with Gasteiger partial charge in [-0.05, 0) is 49.7 Å². The first-order chi connectivity index (χ1) is 9.12. The van der Waals surface area contributed by atoms with E-state index < -0.39 is 10.0 Å². The van der Waals surface area contributed by atoms with Crippen LogP contribution in [0.2, 0.25) is 0 Å². The van der Waals surface area contributed by atoms with Crippen LogP contribution in [0.15, 0.2) is 29.2 Å². The number of hydrogen-bond acceptors (Lipinski definition) is 3. The molecule has 2 fully saturated rings. The van der Waals surface area contributed by atoms with Gasteiger partial charge < -0.3 is 0 Å². The van der Waals surface area contributed by atoms with Crippen molar-refractivity contribution in [1.82, 2.24) is 4.72 Å². The highest BCUT2D eigenvalue weighted by Crippen LogP contribution is 2.45. The average molecular weight is 276 g/mol. The zero-order valence-electron chi connectivity index (χ0n) is 10.5. The van der Waals surface area contributed by atoms with Gasteiger partial charge in [-0.1, -0.05) is 12.1 Å². The minimum atomic E-state index is -3.58. The van der Waals surface area contributed by atoms with Gasteiger partial charge in [0.2, 0.25) is 10.0 Å². The maximum atomic E-state index is 12.4. The Morgan fingerprint density at radius 1 is 1.16 bits per heavy atom. The fraction of sp³-hybridized carbons (Fsp3) is 0.500. The molecule has 0 heterocycles. The van der Waals surface area contributed by atoms with Crippen molar-refractivity contribution in [2.24, 2.45) is 11.8 Å². The number of rotatable bonds is 5. The molecule has 100 valence electrons. The van der Waals surface area contributed by atoms with Crippen LogP contribution in [0.3, 0.4) is 0 Å². The minimum Gasteiger partial charge on any atom is -0.207 e. The van der Waals surface area contributed by atoms with Crippen molar-refractivity contribution < 1.29 is 8.42 Å². The molecule has 0 amide bonds. The van der Waals surface area contributed by atoms with E-state index in [9.17, 15) is 8.42 Å². The molecule has 0 unspecified atom stereocenters. The molecule has 0 saturated heterocycles. The Morgan fingerprint density at radius 2 is 1.74 bits per heavy atom. The highest BCUT2D eigenvalue weighted by Gasteiger charge is 2.43. The predicted molar refractivity (Wildman–Crippen MR) is 70.7 cm³/mol. The zero-order valence-corrected chi connectivity index (χ0v) is 11.4. The van der Waals surface area contributed by atoms with Crippen molar-refractivity contribution in [3.05, 3.63) is 29.8 Å². The lowest BCUT2D eigenvalue weighted by molar-refractivity contribution is 0.471. The Hall–Kier alpha value is -1.38. The number of nitrogens with zero attached hydrogens (tertiary/aromatic N) is 1. The molecule has 1 aromatic carbocycles. The molecule has 0 aromatic heterocycles. The van der Waals surface area contributed by atoms with Crippen molar-refractivity contribution in [2.75, 3.05) is 0 Å². The number of nitrogens with one attached hydrogen (secondary N) is 1. The molecule has 0 bridgehead atoms. The summed E-state index contributed by atoms with van der Waals surface area (Å²) in [5.74, 6) is 0.994. The van der Waals surface area contributed by atoms with Crippen LogP contribution in [0.4, 0.5) is 0 Å².